The molecule has 6 heteroatoms. The van der Waals surface area contributed by atoms with Crippen LogP contribution in [0.2, 0.25) is 0 Å². The van der Waals surface area contributed by atoms with E-state index in [0.717, 1.165) is 10.6 Å². The van der Waals surface area contributed by atoms with Crippen LogP contribution in [-0.4, -0.2) is 15.7 Å². The van der Waals surface area contributed by atoms with Crippen molar-refractivity contribution in [2.24, 2.45) is 0 Å². The van der Waals surface area contributed by atoms with Crippen LogP contribution in [0.5, 0.6) is 0 Å². The van der Waals surface area contributed by atoms with Crippen molar-refractivity contribution in [1.29, 1.82) is 0 Å². The highest BCUT2D eigenvalue weighted by atomic mass is 32.1. The summed E-state index contributed by atoms with van der Waals surface area (Å²) in [6.07, 6.45) is 0. The van der Waals surface area contributed by atoms with Crippen LogP contribution in [0.15, 0.2) is 42.5 Å². The molecule has 25 heavy (non-hydrogen) atoms. The number of aryl methyl sites for hydroxylation is 1. The first-order chi connectivity index (χ1) is 11.8. The molecule has 0 fully saturated rings. The van der Waals surface area contributed by atoms with Crippen LogP contribution >= 0.6 is 11.3 Å². The Hall–Kier alpha value is -2.47. The third-order valence-corrected chi connectivity index (χ3v) is 4.79. The lowest BCUT2D eigenvalue weighted by molar-refractivity contribution is 0.102. The number of amides is 1. The van der Waals surface area contributed by atoms with Crippen LogP contribution in [0.1, 0.15) is 36.1 Å². The molecule has 0 unspecified atom stereocenters. The molecule has 1 aromatic carbocycles. The summed E-state index contributed by atoms with van der Waals surface area (Å²) in [5.74, 6) is 0.131. The molecule has 0 aliphatic rings. The smallest absolute Gasteiger partial charge is 0.266 e. The molecule has 3 rings (SSSR count). The summed E-state index contributed by atoms with van der Waals surface area (Å²) in [5, 5.41) is 7.36. The van der Waals surface area contributed by atoms with Gasteiger partial charge in [-0.15, -0.1) is 11.3 Å². The minimum Gasteiger partial charge on any atom is -0.306 e. The van der Waals surface area contributed by atoms with E-state index in [1.807, 2.05) is 33.8 Å². The molecular formula is C19H20FN3OS. The number of halogens is 1. The fourth-order valence-electron chi connectivity index (χ4n) is 2.54. The van der Waals surface area contributed by atoms with Gasteiger partial charge in [-0.2, -0.15) is 5.10 Å². The van der Waals surface area contributed by atoms with Gasteiger partial charge in [-0.3, -0.25) is 4.79 Å². The molecule has 3 aromatic rings. The van der Waals surface area contributed by atoms with Crippen molar-refractivity contribution in [2.75, 3.05) is 5.32 Å². The van der Waals surface area contributed by atoms with Gasteiger partial charge >= 0.3 is 0 Å². The topological polar surface area (TPSA) is 46.9 Å². The molecule has 4 nitrogen and oxygen atoms in total. The highest BCUT2D eigenvalue weighted by Crippen LogP contribution is 2.30. The van der Waals surface area contributed by atoms with Gasteiger partial charge in [0.25, 0.3) is 5.91 Å². The van der Waals surface area contributed by atoms with Crippen molar-refractivity contribution < 1.29 is 9.18 Å². The number of benzene rings is 1. The number of anilines is 1. The predicted octanol–water partition coefficient (Wildman–Crippen LogP) is 5.07. The van der Waals surface area contributed by atoms with Crippen LogP contribution in [0.25, 0.3) is 10.4 Å². The average Bonchev–Trinajstić information content (AvgIpc) is 3.14. The number of carbonyl (C=O) groups is 1. The van der Waals surface area contributed by atoms with E-state index in [-0.39, 0.29) is 17.3 Å². The van der Waals surface area contributed by atoms with E-state index in [0.29, 0.717) is 16.3 Å². The number of hydrogen-bond donors (Lipinski definition) is 1. The van der Waals surface area contributed by atoms with Gasteiger partial charge in [0.05, 0.1) is 16.1 Å². The van der Waals surface area contributed by atoms with Crippen LogP contribution in [0.4, 0.5) is 10.2 Å². The monoisotopic (exact) mass is 357 g/mol. The van der Waals surface area contributed by atoms with Crippen molar-refractivity contribution in [3.63, 3.8) is 0 Å². The van der Waals surface area contributed by atoms with Crippen molar-refractivity contribution >= 4 is 23.1 Å². The molecule has 1 N–H and O–H groups in total. The molecule has 2 aromatic heterocycles. The minimum absolute atomic E-state index is 0.224. The van der Waals surface area contributed by atoms with Gasteiger partial charge in [0.15, 0.2) is 0 Å². The first-order valence-corrected chi connectivity index (χ1v) is 8.80. The van der Waals surface area contributed by atoms with E-state index in [4.69, 9.17) is 0 Å². The van der Waals surface area contributed by atoms with Crippen molar-refractivity contribution in [1.82, 2.24) is 9.78 Å². The van der Waals surface area contributed by atoms with Crippen LogP contribution in [0, 0.1) is 12.7 Å². The second-order valence-electron chi connectivity index (χ2n) is 6.85. The number of hydrogen-bond acceptors (Lipinski definition) is 3. The van der Waals surface area contributed by atoms with E-state index in [1.165, 1.54) is 17.4 Å². The molecule has 1 amide bonds. The number of rotatable bonds is 3. The Labute approximate surface area is 150 Å². The Balaban J connectivity index is 1.85. The molecule has 0 saturated carbocycles. The van der Waals surface area contributed by atoms with E-state index >= 15 is 0 Å². The molecule has 0 bridgehead atoms. The van der Waals surface area contributed by atoms with Gasteiger partial charge < -0.3 is 5.32 Å². The van der Waals surface area contributed by atoms with E-state index in [9.17, 15) is 9.18 Å². The van der Waals surface area contributed by atoms with Crippen molar-refractivity contribution in [3.05, 3.63) is 58.9 Å². The van der Waals surface area contributed by atoms with Gasteiger partial charge in [0.1, 0.15) is 11.6 Å². The molecule has 0 aliphatic heterocycles. The Kier molecular flexibility index (Phi) is 4.47. The third-order valence-electron chi connectivity index (χ3n) is 3.68. The zero-order valence-electron chi connectivity index (χ0n) is 14.6. The van der Waals surface area contributed by atoms with Crippen LogP contribution in [-0.2, 0) is 5.54 Å². The lowest BCUT2D eigenvalue weighted by atomic mass is 10.1. The quantitative estimate of drug-likeness (QED) is 0.712. The molecular weight excluding hydrogens is 337 g/mol. The minimum atomic E-state index is -0.294. The van der Waals surface area contributed by atoms with Gasteiger partial charge in [-0.1, -0.05) is 18.2 Å². The average molecular weight is 357 g/mol. The number of nitrogens with one attached hydrogen (secondary N) is 1. The molecule has 0 radical (unpaired) electrons. The number of thiophene rings is 1. The second-order valence-corrected chi connectivity index (χ2v) is 7.94. The highest BCUT2D eigenvalue weighted by Gasteiger charge is 2.21. The molecule has 2 heterocycles. The standard InChI is InChI=1S/C19H20FN3OS/c1-12-11-17(23(22-12)19(2,3)4)21-18(24)16-10-9-15(25-16)13-7-5-6-8-14(13)20/h5-11H,1-4H3,(H,21,24). The predicted molar refractivity (Wildman–Crippen MR) is 99.6 cm³/mol. The summed E-state index contributed by atoms with van der Waals surface area (Å²) >= 11 is 1.27. The summed E-state index contributed by atoms with van der Waals surface area (Å²) in [5.41, 5.74) is 1.09. The summed E-state index contributed by atoms with van der Waals surface area (Å²) in [6, 6.07) is 11.9. The van der Waals surface area contributed by atoms with Gasteiger partial charge in [-0.05, 0) is 45.9 Å². The Bertz CT molecular complexity index is 921. The zero-order chi connectivity index (χ0) is 18.2. The van der Waals surface area contributed by atoms with E-state index in [1.54, 1.807) is 35.0 Å². The van der Waals surface area contributed by atoms with Crippen LogP contribution < -0.4 is 5.32 Å². The van der Waals surface area contributed by atoms with E-state index in [2.05, 4.69) is 10.4 Å². The maximum absolute atomic E-state index is 13.9. The summed E-state index contributed by atoms with van der Waals surface area (Å²) in [6.45, 7) is 7.96. The number of nitrogens with zero attached hydrogens (tertiary/aromatic N) is 2. The van der Waals surface area contributed by atoms with Gasteiger partial charge in [-0.25, -0.2) is 9.07 Å². The maximum atomic E-state index is 13.9. The molecule has 0 saturated heterocycles. The Morgan fingerprint density at radius 1 is 1.20 bits per heavy atom. The molecule has 0 spiro atoms. The summed E-state index contributed by atoms with van der Waals surface area (Å²) in [7, 11) is 0. The molecule has 130 valence electrons. The second kappa shape index (κ2) is 6.44. The summed E-state index contributed by atoms with van der Waals surface area (Å²) in [4.78, 5) is 13.8. The molecule has 0 atom stereocenters. The third kappa shape index (κ3) is 3.64. The Morgan fingerprint density at radius 2 is 1.92 bits per heavy atom. The van der Waals surface area contributed by atoms with E-state index < -0.39 is 0 Å². The first kappa shape index (κ1) is 17.4. The maximum Gasteiger partial charge on any atom is 0.266 e. The Morgan fingerprint density at radius 3 is 2.60 bits per heavy atom. The van der Waals surface area contributed by atoms with Crippen molar-refractivity contribution in [3.8, 4) is 10.4 Å². The van der Waals surface area contributed by atoms with Crippen LogP contribution in [0.3, 0.4) is 0 Å². The fourth-order valence-corrected chi connectivity index (χ4v) is 3.47. The van der Waals surface area contributed by atoms with Gasteiger partial charge in [0, 0.05) is 16.5 Å². The fraction of sp³-hybridized carbons (Fsp3) is 0.263. The zero-order valence-corrected chi connectivity index (χ0v) is 15.4. The normalized spacial score (nSPS) is 11.6. The SMILES string of the molecule is Cc1cc(NC(=O)c2ccc(-c3ccccc3F)s2)n(C(C)(C)C)n1. The first-order valence-electron chi connectivity index (χ1n) is 7.99. The van der Waals surface area contributed by atoms with Gasteiger partial charge in [0.2, 0.25) is 0 Å². The largest absolute Gasteiger partial charge is 0.306 e. The lowest BCUT2D eigenvalue weighted by Gasteiger charge is -2.22. The summed E-state index contributed by atoms with van der Waals surface area (Å²) < 4.78 is 15.7. The lowest BCUT2D eigenvalue weighted by Crippen LogP contribution is -2.26. The highest BCUT2D eigenvalue weighted by molar-refractivity contribution is 7.17. The van der Waals surface area contributed by atoms with Crippen molar-refractivity contribution in [2.45, 2.75) is 33.2 Å². The number of carbonyl (C=O) groups excluding carboxylic acids is 1. The molecule has 0 aliphatic carbocycles. The number of aromatic nitrogens is 2.